The average molecular weight is 185 g/mol. The zero-order valence-corrected chi connectivity index (χ0v) is 9.39. The summed E-state index contributed by atoms with van der Waals surface area (Å²) in [5.41, 5.74) is -0.128. The van der Waals surface area contributed by atoms with E-state index >= 15 is 0 Å². The van der Waals surface area contributed by atoms with Gasteiger partial charge in [0.1, 0.15) is 0 Å². The Labute approximate surface area is 82.4 Å². The number of ether oxygens (including phenoxy) is 1. The fraction of sp³-hybridized carbons (Fsp3) is 0.818. The molecule has 0 aromatic heterocycles. The first-order chi connectivity index (χ1) is 6.14. The van der Waals surface area contributed by atoms with Crippen molar-refractivity contribution >= 4 is 0 Å². The van der Waals surface area contributed by atoms with Crippen molar-refractivity contribution in [2.45, 2.75) is 45.3 Å². The molecule has 0 amide bonds. The lowest BCUT2D eigenvalue weighted by molar-refractivity contribution is -0.0160. The third-order valence-corrected chi connectivity index (χ3v) is 2.68. The maximum Gasteiger partial charge on any atom is 0.0835 e. The Kier molecular flexibility index (Phi) is 6.00. The van der Waals surface area contributed by atoms with Crippen LogP contribution in [0.25, 0.3) is 0 Å². The van der Waals surface area contributed by atoms with Gasteiger partial charge in [-0.3, -0.25) is 0 Å². The summed E-state index contributed by atoms with van der Waals surface area (Å²) in [5, 5.41) is 3.42. The first-order valence-corrected chi connectivity index (χ1v) is 5.05. The van der Waals surface area contributed by atoms with E-state index in [1.807, 2.05) is 6.08 Å². The van der Waals surface area contributed by atoms with Crippen molar-refractivity contribution in [3.8, 4) is 0 Å². The molecule has 0 aliphatic rings. The van der Waals surface area contributed by atoms with E-state index in [0.717, 1.165) is 19.4 Å². The van der Waals surface area contributed by atoms with Crippen molar-refractivity contribution in [2.75, 3.05) is 13.7 Å². The summed E-state index contributed by atoms with van der Waals surface area (Å²) < 4.78 is 5.50. The lowest BCUT2D eigenvalue weighted by Crippen LogP contribution is -2.48. The summed E-state index contributed by atoms with van der Waals surface area (Å²) >= 11 is 0. The molecule has 0 fully saturated rings. The fourth-order valence-electron chi connectivity index (χ4n) is 1.34. The van der Waals surface area contributed by atoms with E-state index in [-0.39, 0.29) is 11.6 Å². The van der Waals surface area contributed by atoms with E-state index in [0.29, 0.717) is 0 Å². The largest absolute Gasteiger partial charge is 0.377 e. The summed E-state index contributed by atoms with van der Waals surface area (Å²) in [7, 11) is 1.76. The highest BCUT2D eigenvalue weighted by molar-refractivity contribution is 4.99. The minimum atomic E-state index is -0.128. The standard InChI is InChI=1S/C11H23NO/c1-6-9-12-10(7-2)11(4,8-3)13-5/h7,10,12H,2,6,8-9H2,1,3-5H3. The van der Waals surface area contributed by atoms with E-state index in [1.54, 1.807) is 7.11 Å². The van der Waals surface area contributed by atoms with Gasteiger partial charge >= 0.3 is 0 Å². The van der Waals surface area contributed by atoms with Gasteiger partial charge in [0.2, 0.25) is 0 Å². The molecule has 2 atom stereocenters. The second kappa shape index (κ2) is 6.17. The van der Waals surface area contributed by atoms with Crippen LogP contribution in [0.15, 0.2) is 12.7 Å². The molecular formula is C11H23NO. The van der Waals surface area contributed by atoms with Crippen LogP contribution in [0.3, 0.4) is 0 Å². The van der Waals surface area contributed by atoms with Crippen LogP contribution in [0.5, 0.6) is 0 Å². The molecule has 0 radical (unpaired) electrons. The zero-order chi connectivity index (χ0) is 10.3. The van der Waals surface area contributed by atoms with Gasteiger partial charge < -0.3 is 10.1 Å². The second-order valence-corrected chi connectivity index (χ2v) is 3.54. The third kappa shape index (κ3) is 3.49. The monoisotopic (exact) mass is 185 g/mol. The minimum absolute atomic E-state index is 0.128. The Balaban J connectivity index is 4.25. The molecule has 2 nitrogen and oxygen atoms in total. The second-order valence-electron chi connectivity index (χ2n) is 3.54. The lowest BCUT2D eigenvalue weighted by Gasteiger charge is -2.34. The Bertz CT molecular complexity index is 141. The number of methoxy groups -OCH3 is 1. The van der Waals surface area contributed by atoms with Crippen molar-refractivity contribution in [1.82, 2.24) is 5.32 Å². The Morgan fingerprint density at radius 3 is 2.46 bits per heavy atom. The Morgan fingerprint density at radius 1 is 1.54 bits per heavy atom. The van der Waals surface area contributed by atoms with Gasteiger partial charge in [0.15, 0.2) is 0 Å². The molecule has 0 aromatic carbocycles. The van der Waals surface area contributed by atoms with Gasteiger partial charge in [0.05, 0.1) is 11.6 Å². The van der Waals surface area contributed by atoms with E-state index in [4.69, 9.17) is 4.74 Å². The van der Waals surface area contributed by atoms with Crippen molar-refractivity contribution in [1.29, 1.82) is 0 Å². The molecule has 0 rings (SSSR count). The normalized spacial score (nSPS) is 17.8. The quantitative estimate of drug-likeness (QED) is 0.615. The van der Waals surface area contributed by atoms with Gasteiger partial charge in [0.25, 0.3) is 0 Å². The molecule has 2 heteroatoms. The van der Waals surface area contributed by atoms with Crippen LogP contribution in [0.1, 0.15) is 33.6 Å². The summed E-state index contributed by atoms with van der Waals surface area (Å²) in [4.78, 5) is 0. The first kappa shape index (κ1) is 12.7. The number of hydrogen-bond acceptors (Lipinski definition) is 2. The highest BCUT2D eigenvalue weighted by Gasteiger charge is 2.29. The van der Waals surface area contributed by atoms with Gasteiger partial charge in [-0.05, 0) is 26.3 Å². The topological polar surface area (TPSA) is 21.3 Å². The van der Waals surface area contributed by atoms with Crippen LogP contribution in [-0.2, 0) is 4.74 Å². The predicted octanol–water partition coefficient (Wildman–Crippen LogP) is 2.36. The summed E-state index contributed by atoms with van der Waals surface area (Å²) in [6, 6.07) is 0.238. The SMILES string of the molecule is C=CC(NCCC)C(C)(CC)OC. The van der Waals surface area contributed by atoms with Gasteiger partial charge in [0, 0.05) is 7.11 Å². The Morgan fingerprint density at radius 2 is 2.15 bits per heavy atom. The van der Waals surface area contributed by atoms with Crippen molar-refractivity contribution in [3.05, 3.63) is 12.7 Å². The van der Waals surface area contributed by atoms with Crippen LogP contribution in [0, 0.1) is 0 Å². The van der Waals surface area contributed by atoms with Crippen LogP contribution >= 0.6 is 0 Å². The molecule has 0 aromatic rings. The molecule has 0 bridgehead atoms. The number of rotatable bonds is 7. The highest BCUT2D eigenvalue weighted by Crippen LogP contribution is 2.19. The molecule has 0 saturated heterocycles. The molecule has 0 aliphatic carbocycles. The molecule has 2 unspecified atom stereocenters. The van der Waals surface area contributed by atoms with E-state index in [2.05, 4.69) is 32.7 Å². The fourth-order valence-corrected chi connectivity index (χ4v) is 1.34. The van der Waals surface area contributed by atoms with E-state index < -0.39 is 0 Å². The summed E-state index contributed by atoms with van der Waals surface area (Å²) in [5.74, 6) is 0. The first-order valence-electron chi connectivity index (χ1n) is 5.05. The maximum atomic E-state index is 5.50. The van der Waals surface area contributed by atoms with Crippen molar-refractivity contribution in [3.63, 3.8) is 0 Å². The third-order valence-electron chi connectivity index (χ3n) is 2.68. The zero-order valence-electron chi connectivity index (χ0n) is 9.39. The maximum absolute atomic E-state index is 5.50. The minimum Gasteiger partial charge on any atom is -0.377 e. The van der Waals surface area contributed by atoms with Gasteiger partial charge in [-0.15, -0.1) is 6.58 Å². The smallest absolute Gasteiger partial charge is 0.0835 e. The van der Waals surface area contributed by atoms with Crippen LogP contribution in [0.2, 0.25) is 0 Å². The van der Waals surface area contributed by atoms with Crippen molar-refractivity contribution < 1.29 is 4.74 Å². The predicted molar refractivity (Wildman–Crippen MR) is 58.0 cm³/mol. The molecule has 0 aliphatic heterocycles. The van der Waals surface area contributed by atoms with Gasteiger partial charge in [-0.25, -0.2) is 0 Å². The van der Waals surface area contributed by atoms with E-state index in [1.165, 1.54) is 0 Å². The summed E-state index contributed by atoms with van der Waals surface area (Å²) in [6.07, 6.45) is 4.05. The molecular weight excluding hydrogens is 162 g/mol. The van der Waals surface area contributed by atoms with Crippen molar-refractivity contribution in [2.24, 2.45) is 0 Å². The summed E-state index contributed by atoms with van der Waals surface area (Å²) in [6.45, 7) is 11.2. The molecule has 0 saturated carbocycles. The van der Waals surface area contributed by atoms with Crippen LogP contribution < -0.4 is 5.32 Å². The molecule has 0 heterocycles. The van der Waals surface area contributed by atoms with E-state index in [9.17, 15) is 0 Å². The average Bonchev–Trinajstić information content (AvgIpc) is 2.18. The van der Waals surface area contributed by atoms with Crippen LogP contribution in [-0.4, -0.2) is 25.3 Å². The van der Waals surface area contributed by atoms with Gasteiger partial charge in [-0.1, -0.05) is 19.9 Å². The number of hydrogen-bond donors (Lipinski definition) is 1. The molecule has 1 N–H and O–H groups in total. The molecule has 13 heavy (non-hydrogen) atoms. The highest BCUT2D eigenvalue weighted by atomic mass is 16.5. The Hall–Kier alpha value is -0.340. The van der Waals surface area contributed by atoms with Gasteiger partial charge in [-0.2, -0.15) is 0 Å². The molecule has 78 valence electrons. The molecule has 0 spiro atoms. The number of nitrogens with one attached hydrogen (secondary N) is 1. The van der Waals surface area contributed by atoms with Crippen LogP contribution in [0.4, 0.5) is 0 Å². The lowest BCUT2D eigenvalue weighted by atomic mass is 9.93.